The fourth-order valence-corrected chi connectivity index (χ4v) is 2.56. The summed E-state index contributed by atoms with van der Waals surface area (Å²) in [5, 5.41) is 5.03. The van der Waals surface area contributed by atoms with Crippen molar-refractivity contribution in [2.75, 3.05) is 26.3 Å². The summed E-state index contributed by atoms with van der Waals surface area (Å²) in [5.74, 6) is -1.25. The summed E-state index contributed by atoms with van der Waals surface area (Å²) in [5.41, 5.74) is -0.246. The molecule has 0 bridgehead atoms. The van der Waals surface area contributed by atoms with E-state index in [0.717, 1.165) is 18.2 Å². The van der Waals surface area contributed by atoms with Crippen molar-refractivity contribution in [3.05, 3.63) is 29.6 Å². The van der Waals surface area contributed by atoms with E-state index in [0.29, 0.717) is 26.3 Å². The number of nitrogens with two attached hydrogens (primary N) is 1. The number of ether oxygens (including phenoxy) is 1. The average molecular weight is 288 g/mol. The normalized spacial score (nSPS) is 16.4. The Balaban J connectivity index is 2.42. The molecule has 1 fully saturated rings. The smallest absolute Gasteiger partial charge is 0.255 e. The number of carbonyl (C=O) groups is 1. The summed E-state index contributed by atoms with van der Waals surface area (Å²) in [4.78, 5) is 13.2. The first-order valence-electron chi connectivity index (χ1n) is 5.59. The van der Waals surface area contributed by atoms with Gasteiger partial charge < -0.3 is 9.64 Å². The molecule has 0 aromatic heterocycles. The van der Waals surface area contributed by atoms with Gasteiger partial charge in [0, 0.05) is 13.1 Å². The lowest BCUT2D eigenvalue weighted by Crippen LogP contribution is -2.41. The highest BCUT2D eigenvalue weighted by Gasteiger charge is 2.25. The van der Waals surface area contributed by atoms with Crippen molar-refractivity contribution in [3.8, 4) is 0 Å². The maximum atomic E-state index is 13.2. The maximum absolute atomic E-state index is 13.2. The number of primary sulfonamides is 1. The van der Waals surface area contributed by atoms with Gasteiger partial charge in [0.2, 0.25) is 10.0 Å². The zero-order valence-corrected chi connectivity index (χ0v) is 10.8. The third kappa shape index (κ3) is 3.09. The molecule has 1 aliphatic rings. The van der Waals surface area contributed by atoms with Gasteiger partial charge in [-0.3, -0.25) is 4.79 Å². The van der Waals surface area contributed by atoms with Crippen molar-refractivity contribution in [1.29, 1.82) is 0 Å². The molecule has 1 aromatic rings. The highest BCUT2D eigenvalue weighted by atomic mass is 32.2. The number of hydrogen-bond donors (Lipinski definition) is 1. The number of benzene rings is 1. The minimum atomic E-state index is -4.08. The van der Waals surface area contributed by atoms with Gasteiger partial charge in [0.1, 0.15) is 5.82 Å². The number of amides is 1. The number of sulfonamides is 1. The highest BCUT2D eigenvalue weighted by Crippen LogP contribution is 2.18. The minimum Gasteiger partial charge on any atom is -0.378 e. The Morgan fingerprint density at radius 3 is 2.53 bits per heavy atom. The van der Waals surface area contributed by atoms with Gasteiger partial charge in [-0.25, -0.2) is 17.9 Å². The number of nitrogens with zero attached hydrogens (tertiary/aromatic N) is 1. The molecular weight excluding hydrogens is 275 g/mol. The van der Waals surface area contributed by atoms with E-state index in [2.05, 4.69) is 0 Å². The first-order chi connectivity index (χ1) is 8.89. The molecule has 0 atom stereocenters. The van der Waals surface area contributed by atoms with E-state index in [9.17, 15) is 17.6 Å². The van der Waals surface area contributed by atoms with E-state index >= 15 is 0 Å². The highest BCUT2D eigenvalue weighted by molar-refractivity contribution is 7.89. The van der Waals surface area contributed by atoms with E-state index in [-0.39, 0.29) is 10.5 Å². The van der Waals surface area contributed by atoms with E-state index in [1.165, 1.54) is 4.90 Å². The van der Waals surface area contributed by atoms with Gasteiger partial charge >= 0.3 is 0 Å². The molecule has 19 heavy (non-hydrogen) atoms. The van der Waals surface area contributed by atoms with Crippen LogP contribution in [0.5, 0.6) is 0 Å². The number of carbonyl (C=O) groups excluding carboxylic acids is 1. The largest absolute Gasteiger partial charge is 0.378 e. The fraction of sp³-hybridized carbons (Fsp3) is 0.364. The molecule has 0 spiro atoms. The second-order valence-corrected chi connectivity index (χ2v) is 5.62. The van der Waals surface area contributed by atoms with Crippen LogP contribution in [0.3, 0.4) is 0 Å². The van der Waals surface area contributed by atoms with Crippen molar-refractivity contribution >= 4 is 15.9 Å². The average Bonchev–Trinajstić information content (AvgIpc) is 2.37. The molecular formula is C11H13FN2O4S. The Labute approximate surface area is 110 Å². The Bertz CT molecular complexity index is 597. The first-order valence-corrected chi connectivity index (χ1v) is 7.13. The molecule has 0 aliphatic carbocycles. The lowest BCUT2D eigenvalue weighted by atomic mass is 10.2. The van der Waals surface area contributed by atoms with Crippen LogP contribution in [0.15, 0.2) is 23.1 Å². The lowest BCUT2D eigenvalue weighted by Gasteiger charge is -2.27. The van der Waals surface area contributed by atoms with Crippen molar-refractivity contribution < 1.29 is 22.3 Å². The van der Waals surface area contributed by atoms with Crippen LogP contribution in [-0.2, 0) is 14.8 Å². The van der Waals surface area contributed by atoms with Gasteiger partial charge in [-0.05, 0) is 18.2 Å². The van der Waals surface area contributed by atoms with Gasteiger partial charge in [0.05, 0.1) is 23.7 Å². The predicted octanol–water partition coefficient (Wildman–Crippen LogP) is -0.0545. The molecule has 1 saturated heterocycles. The molecule has 2 N–H and O–H groups in total. The molecule has 1 aliphatic heterocycles. The van der Waals surface area contributed by atoms with E-state index in [1.54, 1.807) is 0 Å². The molecule has 6 nitrogen and oxygen atoms in total. The Morgan fingerprint density at radius 1 is 1.32 bits per heavy atom. The van der Waals surface area contributed by atoms with Crippen molar-refractivity contribution in [2.24, 2.45) is 5.14 Å². The fourth-order valence-electron chi connectivity index (χ4n) is 1.85. The monoisotopic (exact) mass is 288 g/mol. The van der Waals surface area contributed by atoms with Gasteiger partial charge in [0.25, 0.3) is 5.91 Å². The van der Waals surface area contributed by atoms with Gasteiger partial charge in [0.15, 0.2) is 0 Å². The SMILES string of the molecule is NS(=O)(=O)c1ccc(F)cc1C(=O)N1CCOCC1. The zero-order valence-electron chi connectivity index (χ0n) is 10.0. The summed E-state index contributed by atoms with van der Waals surface area (Å²) >= 11 is 0. The van der Waals surface area contributed by atoms with Crippen LogP contribution in [-0.4, -0.2) is 45.5 Å². The standard InChI is InChI=1S/C11H13FN2O4S/c12-8-1-2-10(19(13,16)17)9(7-8)11(15)14-3-5-18-6-4-14/h1-2,7H,3-6H2,(H2,13,16,17). The topological polar surface area (TPSA) is 89.7 Å². The van der Waals surface area contributed by atoms with E-state index < -0.39 is 21.7 Å². The third-order valence-electron chi connectivity index (χ3n) is 2.78. The molecule has 0 unspecified atom stereocenters. The Hall–Kier alpha value is -1.51. The Kier molecular flexibility index (Phi) is 3.83. The molecule has 8 heteroatoms. The molecule has 0 saturated carbocycles. The van der Waals surface area contributed by atoms with Crippen LogP contribution in [0.25, 0.3) is 0 Å². The second-order valence-electron chi connectivity index (χ2n) is 4.09. The van der Waals surface area contributed by atoms with Crippen LogP contribution < -0.4 is 5.14 Å². The molecule has 0 radical (unpaired) electrons. The summed E-state index contributed by atoms with van der Waals surface area (Å²) in [6.07, 6.45) is 0. The third-order valence-corrected chi connectivity index (χ3v) is 3.75. The van der Waals surface area contributed by atoms with Crippen molar-refractivity contribution in [2.45, 2.75) is 4.90 Å². The minimum absolute atomic E-state index is 0.246. The summed E-state index contributed by atoms with van der Waals surface area (Å²) in [7, 11) is -4.08. The van der Waals surface area contributed by atoms with Crippen LogP contribution >= 0.6 is 0 Å². The first kappa shape index (κ1) is 13.9. The van der Waals surface area contributed by atoms with Gasteiger partial charge in [-0.2, -0.15) is 0 Å². The number of hydrogen-bond acceptors (Lipinski definition) is 4. The molecule has 1 aromatic carbocycles. The van der Waals surface area contributed by atoms with Gasteiger partial charge in [-0.15, -0.1) is 0 Å². The van der Waals surface area contributed by atoms with E-state index in [1.807, 2.05) is 0 Å². The van der Waals surface area contributed by atoms with Crippen LogP contribution in [0.1, 0.15) is 10.4 Å². The Morgan fingerprint density at radius 2 is 1.95 bits per heavy atom. The zero-order chi connectivity index (χ0) is 14.0. The molecule has 1 amide bonds. The quantitative estimate of drug-likeness (QED) is 0.826. The van der Waals surface area contributed by atoms with E-state index in [4.69, 9.17) is 9.88 Å². The second kappa shape index (κ2) is 5.24. The maximum Gasteiger partial charge on any atom is 0.255 e. The van der Waals surface area contributed by atoms with Crippen molar-refractivity contribution in [3.63, 3.8) is 0 Å². The number of halogens is 1. The van der Waals surface area contributed by atoms with Crippen LogP contribution in [0, 0.1) is 5.82 Å². The predicted molar refractivity (Wildman–Crippen MR) is 64.5 cm³/mol. The summed E-state index contributed by atoms with van der Waals surface area (Å²) in [6, 6.07) is 2.84. The van der Waals surface area contributed by atoms with Crippen molar-refractivity contribution in [1.82, 2.24) is 4.90 Å². The number of morpholine rings is 1. The number of rotatable bonds is 2. The van der Waals surface area contributed by atoms with Crippen LogP contribution in [0.2, 0.25) is 0 Å². The van der Waals surface area contributed by atoms with Crippen LogP contribution in [0.4, 0.5) is 4.39 Å². The molecule has 2 rings (SSSR count). The van der Waals surface area contributed by atoms with Gasteiger partial charge in [-0.1, -0.05) is 0 Å². The summed E-state index contributed by atoms with van der Waals surface area (Å²) in [6.45, 7) is 1.40. The molecule has 104 valence electrons. The molecule has 1 heterocycles. The lowest BCUT2D eigenvalue weighted by molar-refractivity contribution is 0.0300. The summed E-state index contributed by atoms with van der Waals surface area (Å²) < 4.78 is 41.2.